The van der Waals surface area contributed by atoms with Gasteiger partial charge >= 0.3 is 0 Å². The van der Waals surface area contributed by atoms with E-state index in [1.54, 1.807) is 11.1 Å². The van der Waals surface area contributed by atoms with Gasteiger partial charge in [-0.15, -0.1) is 0 Å². The molecule has 0 radical (unpaired) electrons. The minimum Gasteiger partial charge on any atom is -0.282 e. The van der Waals surface area contributed by atoms with Gasteiger partial charge in [0.2, 0.25) is 0 Å². The molecule has 0 bridgehead atoms. The van der Waals surface area contributed by atoms with E-state index in [1.165, 1.54) is 110 Å². The van der Waals surface area contributed by atoms with Crippen molar-refractivity contribution in [3.8, 4) is 22.3 Å². The first-order valence-electron chi connectivity index (χ1n) is 23.6. The number of nitrogens with one attached hydrogen (secondary N) is 3. The van der Waals surface area contributed by atoms with Gasteiger partial charge < -0.3 is 0 Å². The lowest BCUT2D eigenvalue weighted by atomic mass is 9.67. The van der Waals surface area contributed by atoms with Crippen LogP contribution in [0, 0.1) is 5.92 Å². The zero-order valence-corrected chi connectivity index (χ0v) is 36.6. The molecule has 1 aliphatic heterocycles. The molecule has 0 aromatic heterocycles. The van der Waals surface area contributed by atoms with Crippen LogP contribution in [0.15, 0.2) is 170 Å². The fraction of sp³-hybridized carbons (Fsp3) is 0.267. The van der Waals surface area contributed by atoms with Gasteiger partial charge in [-0.2, -0.15) is 0 Å². The monoisotopic (exact) mass is 819 g/mol. The van der Waals surface area contributed by atoms with Gasteiger partial charge in [-0.05, 0) is 139 Å². The molecule has 5 aliphatic carbocycles. The molecular formula is C60H57N3. The molecule has 3 N–H and O–H groups in total. The molecule has 6 aliphatic rings. The summed E-state index contributed by atoms with van der Waals surface area (Å²) in [6.45, 7) is 4.90. The molecule has 12 rings (SSSR count). The summed E-state index contributed by atoms with van der Waals surface area (Å²) in [5.74, 6) is 0.323. The first-order valence-corrected chi connectivity index (χ1v) is 23.6. The van der Waals surface area contributed by atoms with Crippen molar-refractivity contribution in [1.82, 2.24) is 16.0 Å². The van der Waals surface area contributed by atoms with Crippen molar-refractivity contribution in [3.05, 3.63) is 220 Å². The van der Waals surface area contributed by atoms with E-state index >= 15 is 0 Å². The van der Waals surface area contributed by atoms with E-state index in [4.69, 9.17) is 0 Å². The van der Waals surface area contributed by atoms with E-state index in [0.29, 0.717) is 5.92 Å². The van der Waals surface area contributed by atoms with Crippen molar-refractivity contribution in [2.24, 2.45) is 5.92 Å². The normalized spacial score (nSPS) is 23.8. The van der Waals surface area contributed by atoms with Gasteiger partial charge in [-0.3, -0.25) is 16.0 Å². The standard InChI is InChI=1S/C60H57N3/c1-59(2)52-25-15-23-47(55(52)50-38-54-49(37-53(50)59)48-22-10-11-24-51(48)60(54)34-12-5-13-35-60)42-30-26-41(27-31-42)45-20-14-21-46(36-45)58-62-56(43-18-8-4-9-19-43)61-57(63-58)44-32-28-40(29-33-44)39-16-6-3-7-17-39/h3-4,6-11,14-26,28-30,32,36-38,44,56-58,61-63H,5,12-13,27,31,33-35H2,1-2H3. The van der Waals surface area contributed by atoms with E-state index in [-0.39, 0.29) is 29.3 Å². The van der Waals surface area contributed by atoms with Crippen LogP contribution in [0.4, 0.5) is 0 Å². The van der Waals surface area contributed by atoms with Crippen molar-refractivity contribution in [2.45, 2.75) is 94.5 Å². The van der Waals surface area contributed by atoms with Crippen LogP contribution in [0.2, 0.25) is 0 Å². The van der Waals surface area contributed by atoms with Crippen LogP contribution in [0.3, 0.4) is 0 Å². The second-order valence-corrected chi connectivity index (χ2v) is 19.5. The molecule has 63 heavy (non-hydrogen) atoms. The van der Waals surface area contributed by atoms with E-state index < -0.39 is 0 Å². The summed E-state index contributed by atoms with van der Waals surface area (Å²) in [7, 11) is 0. The number of rotatable bonds is 6. The number of allylic oxidation sites excluding steroid dienone is 7. The Morgan fingerprint density at radius 1 is 0.508 bits per heavy atom. The molecule has 1 spiro atoms. The molecule has 312 valence electrons. The van der Waals surface area contributed by atoms with Gasteiger partial charge in [0.25, 0.3) is 0 Å². The van der Waals surface area contributed by atoms with Crippen LogP contribution < -0.4 is 16.0 Å². The molecule has 1 saturated carbocycles. The predicted octanol–water partition coefficient (Wildman–Crippen LogP) is 13.9. The molecule has 4 atom stereocenters. The summed E-state index contributed by atoms with van der Waals surface area (Å²) in [4.78, 5) is 0. The van der Waals surface area contributed by atoms with Gasteiger partial charge in [-0.25, -0.2) is 0 Å². The van der Waals surface area contributed by atoms with E-state index in [0.717, 1.165) is 19.3 Å². The summed E-state index contributed by atoms with van der Waals surface area (Å²) in [5.41, 5.74) is 22.8. The van der Waals surface area contributed by atoms with Crippen molar-refractivity contribution in [2.75, 3.05) is 0 Å². The highest BCUT2D eigenvalue weighted by Crippen LogP contribution is 2.60. The molecule has 1 saturated heterocycles. The maximum atomic E-state index is 4.00. The lowest BCUT2D eigenvalue weighted by Crippen LogP contribution is -2.61. The predicted molar refractivity (Wildman–Crippen MR) is 262 cm³/mol. The second-order valence-electron chi connectivity index (χ2n) is 19.5. The first kappa shape index (κ1) is 38.8. The Bertz CT molecular complexity index is 2870. The third-order valence-electron chi connectivity index (χ3n) is 15.7. The summed E-state index contributed by atoms with van der Waals surface area (Å²) >= 11 is 0. The maximum Gasteiger partial charge on any atom is 0.0862 e. The second kappa shape index (κ2) is 15.5. The molecule has 6 aromatic rings. The lowest BCUT2D eigenvalue weighted by molar-refractivity contribution is 0.170. The van der Waals surface area contributed by atoms with E-state index in [9.17, 15) is 0 Å². The highest BCUT2D eigenvalue weighted by atomic mass is 15.4. The average molecular weight is 820 g/mol. The molecule has 1 heterocycles. The molecule has 3 nitrogen and oxygen atoms in total. The lowest BCUT2D eigenvalue weighted by Gasteiger charge is -2.42. The van der Waals surface area contributed by atoms with Crippen LogP contribution in [0.1, 0.15) is 128 Å². The minimum absolute atomic E-state index is 0.0121. The van der Waals surface area contributed by atoms with Crippen LogP contribution in [0.5, 0.6) is 0 Å². The highest BCUT2D eigenvalue weighted by molar-refractivity contribution is 5.95. The number of benzene rings is 6. The van der Waals surface area contributed by atoms with Crippen molar-refractivity contribution >= 4 is 16.7 Å². The Morgan fingerprint density at radius 2 is 1.16 bits per heavy atom. The summed E-state index contributed by atoms with van der Waals surface area (Å²) in [6.07, 6.45) is 21.6. The smallest absolute Gasteiger partial charge is 0.0862 e. The van der Waals surface area contributed by atoms with Crippen molar-refractivity contribution in [1.29, 1.82) is 0 Å². The average Bonchev–Trinajstić information content (AvgIpc) is 3.74. The minimum atomic E-state index is -0.0616. The zero-order chi connectivity index (χ0) is 42.1. The van der Waals surface area contributed by atoms with E-state index in [2.05, 4.69) is 200 Å². The summed E-state index contributed by atoms with van der Waals surface area (Å²) in [6, 6.07) is 52.6. The van der Waals surface area contributed by atoms with Gasteiger partial charge in [-0.1, -0.05) is 185 Å². The Balaban J connectivity index is 0.849. The van der Waals surface area contributed by atoms with Crippen LogP contribution in [-0.2, 0) is 10.8 Å². The third kappa shape index (κ3) is 6.50. The fourth-order valence-corrected chi connectivity index (χ4v) is 12.4. The number of hydrogen-bond acceptors (Lipinski definition) is 3. The van der Waals surface area contributed by atoms with Gasteiger partial charge in [0.15, 0.2) is 0 Å². The first-order chi connectivity index (χ1) is 30.9. The molecule has 4 unspecified atom stereocenters. The maximum absolute atomic E-state index is 4.00. The van der Waals surface area contributed by atoms with Crippen LogP contribution >= 0.6 is 0 Å². The van der Waals surface area contributed by atoms with Crippen molar-refractivity contribution < 1.29 is 0 Å². The van der Waals surface area contributed by atoms with Crippen molar-refractivity contribution in [3.63, 3.8) is 0 Å². The SMILES string of the molecule is CC1(C)c2cc3c(cc2-c2c(C4=CC=C(c5cccc(C6NC(c7ccccc7)NC(C7C=CC(c8ccccc8)=CC7)N6)c5)CC4)cccc21)C1(CCCCC1)c1ccccc1-3. The third-order valence-corrected chi connectivity index (χ3v) is 15.7. The van der Waals surface area contributed by atoms with Gasteiger partial charge in [0.1, 0.15) is 0 Å². The zero-order valence-electron chi connectivity index (χ0n) is 36.6. The number of fused-ring (bicyclic) bond motifs is 8. The molecule has 0 amide bonds. The Hall–Kier alpha value is -5.84. The van der Waals surface area contributed by atoms with Gasteiger partial charge in [0, 0.05) is 16.7 Å². The Morgan fingerprint density at radius 3 is 1.94 bits per heavy atom. The highest BCUT2D eigenvalue weighted by Gasteiger charge is 2.47. The summed E-state index contributed by atoms with van der Waals surface area (Å²) in [5, 5.41) is 11.9. The Labute approximate surface area is 373 Å². The Kier molecular flexibility index (Phi) is 9.52. The summed E-state index contributed by atoms with van der Waals surface area (Å²) < 4.78 is 0. The molecular weight excluding hydrogens is 763 g/mol. The van der Waals surface area contributed by atoms with Gasteiger partial charge in [0.05, 0.1) is 18.5 Å². The topological polar surface area (TPSA) is 36.1 Å². The molecule has 2 fully saturated rings. The number of hydrogen-bond donors (Lipinski definition) is 3. The largest absolute Gasteiger partial charge is 0.282 e. The molecule has 6 aromatic carbocycles. The van der Waals surface area contributed by atoms with E-state index in [1.807, 2.05) is 0 Å². The molecule has 3 heteroatoms. The van der Waals surface area contributed by atoms with Crippen LogP contribution in [0.25, 0.3) is 39.0 Å². The van der Waals surface area contributed by atoms with Crippen LogP contribution in [-0.4, -0.2) is 6.17 Å². The fourth-order valence-electron chi connectivity index (χ4n) is 12.4. The quantitative estimate of drug-likeness (QED) is 0.157.